The molecule has 3 aromatic heterocycles. The SMILES string of the molecule is O=C(NC(c1cccnc1)c1ccccn1)c1cc(C2CC2)no1. The minimum Gasteiger partial charge on any atom is -0.351 e. The molecular formula is C18H16N4O2. The molecule has 1 aliphatic rings. The molecule has 1 saturated carbocycles. The van der Waals surface area contributed by atoms with E-state index in [1.54, 1.807) is 24.7 Å². The van der Waals surface area contributed by atoms with Crippen LogP contribution in [0.3, 0.4) is 0 Å². The molecule has 0 radical (unpaired) electrons. The molecule has 3 heterocycles. The van der Waals surface area contributed by atoms with Gasteiger partial charge in [0.25, 0.3) is 5.91 Å². The largest absolute Gasteiger partial charge is 0.351 e. The second-order valence-corrected chi connectivity index (χ2v) is 5.84. The van der Waals surface area contributed by atoms with E-state index in [1.165, 1.54) is 0 Å². The molecule has 0 aromatic carbocycles. The first-order valence-corrected chi connectivity index (χ1v) is 7.89. The molecule has 0 saturated heterocycles. The molecule has 3 aromatic rings. The number of hydrogen-bond acceptors (Lipinski definition) is 5. The number of carbonyl (C=O) groups is 1. The van der Waals surface area contributed by atoms with Gasteiger partial charge in [0.2, 0.25) is 5.76 Å². The minimum absolute atomic E-state index is 0.224. The lowest BCUT2D eigenvalue weighted by Crippen LogP contribution is -2.29. The van der Waals surface area contributed by atoms with E-state index in [2.05, 4.69) is 20.4 Å². The summed E-state index contributed by atoms with van der Waals surface area (Å²) in [7, 11) is 0. The zero-order chi connectivity index (χ0) is 16.4. The highest BCUT2D eigenvalue weighted by Crippen LogP contribution is 2.39. The van der Waals surface area contributed by atoms with E-state index < -0.39 is 6.04 Å². The van der Waals surface area contributed by atoms with Crippen molar-refractivity contribution in [3.8, 4) is 0 Å². The van der Waals surface area contributed by atoms with Gasteiger partial charge in [-0.3, -0.25) is 14.8 Å². The highest BCUT2D eigenvalue weighted by molar-refractivity contribution is 5.92. The average Bonchev–Trinajstić information content (AvgIpc) is 3.38. The maximum absolute atomic E-state index is 12.6. The average molecular weight is 320 g/mol. The highest BCUT2D eigenvalue weighted by Gasteiger charge is 2.29. The molecule has 1 N–H and O–H groups in total. The fraction of sp³-hybridized carbons (Fsp3) is 0.222. The second kappa shape index (κ2) is 6.23. The Kier molecular flexibility index (Phi) is 3.78. The maximum Gasteiger partial charge on any atom is 0.290 e. The predicted molar refractivity (Wildman–Crippen MR) is 86.3 cm³/mol. The van der Waals surface area contributed by atoms with Crippen LogP contribution in [0.2, 0.25) is 0 Å². The quantitative estimate of drug-likeness (QED) is 0.782. The normalized spacial score (nSPS) is 15.0. The number of pyridine rings is 2. The van der Waals surface area contributed by atoms with Crippen LogP contribution in [0.4, 0.5) is 0 Å². The van der Waals surface area contributed by atoms with E-state index in [4.69, 9.17) is 4.52 Å². The van der Waals surface area contributed by atoms with Crippen molar-refractivity contribution in [3.63, 3.8) is 0 Å². The van der Waals surface area contributed by atoms with Gasteiger partial charge in [-0.15, -0.1) is 0 Å². The van der Waals surface area contributed by atoms with Crippen molar-refractivity contribution >= 4 is 5.91 Å². The van der Waals surface area contributed by atoms with E-state index in [1.807, 2.05) is 30.3 Å². The summed E-state index contributed by atoms with van der Waals surface area (Å²) >= 11 is 0. The maximum atomic E-state index is 12.6. The van der Waals surface area contributed by atoms with Crippen LogP contribution in [0, 0.1) is 0 Å². The van der Waals surface area contributed by atoms with Crippen LogP contribution in [0.25, 0.3) is 0 Å². The summed E-state index contributed by atoms with van der Waals surface area (Å²) < 4.78 is 5.20. The second-order valence-electron chi connectivity index (χ2n) is 5.84. The first-order chi connectivity index (χ1) is 11.8. The Labute approximate surface area is 138 Å². The topological polar surface area (TPSA) is 80.9 Å². The van der Waals surface area contributed by atoms with Crippen LogP contribution < -0.4 is 5.32 Å². The molecule has 120 valence electrons. The summed E-state index contributed by atoms with van der Waals surface area (Å²) in [6.07, 6.45) is 7.33. The summed E-state index contributed by atoms with van der Waals surface area (Å²) in [5.41, 5.74) is 2.45. The Hall–Kier alpha value is -3.02. The lowest BCUT2D eigenvalue weighted by Gasteiger charge is -2.17. The third kappa shape index (κ3) is 3.03. The molecule has 0 spiro atoms. The molecule has 0 aliphatic heterocycles. The van der Waals surface area contributed by atoms with Gasteiger partial charge in [-0.1, -0.05) is 17.3 Å². The number of nitrogens with zero attached hydrogens (tertiary/aromatic N) is 3. The molecule has 1 atom stereocenters. The van der Waals surface area contributed by atoms with Crippen LogP contribution in [0.5, 0.6) is 0 Å². The van der Waals surface area contributed by atoms with E-state index >= 15 is 0 Å². The third-order valence-electron chi connectivity index (χ3n) is 4.02. The van der Waals surface area contributed by atoms with E-state index in [-0.39, 0.29) is 11.7 Å². The molecule has 1 unspecified atom stereocenters. The number of carbonyl (C=O) groups excluding carboxylic acids is 1. The van der Waals surface area contributed by atoms with E-state index in [9.17, 15) is 4.79 Å². The van der Waals surface area contributed by atoms with E-state index in [0.717, 1.165) is 29.8 Å². The fourth-order valence-corrected chi connectivity index (χ4v) is 2.59. The van der Waals surface area contributed by atoms with Gasteiger partial charge in [-0.05, 0) is 36.6 Å². The zero-order valence-corrected chi connectivity index (χ0v) is 12.9. The number of aromatic nitrogens is 3. The standard InChI is InChI=1S/C18H16N4O2/c23-18(16-10-15(22-24-16)12-6-7-12)21-17(13-4-3-8-19-11-13)14-5-1-2-9-20-14/h1-5,8-12,17H,6-7H2,(H,21,23). The van der Waals surface area contributed by atoms with Crippen LogP contribution in [-0.2, 0) is 0 Å². The van der Waals surface area contributed by atoms with Gasteiger partial charge in [0, 0.05) is 30.6 Å². The number of amides is 1. The summed E-state index contributed by atoms with van der Waals surface area (Å²) in [5, 5.41) is 6.95. The molecule has 6 nitrogen and oxygen atoms in total. The summed E-state index contributed by atoms with van der Waals surface area (Å²) in [6, 6.07) is 10.7. The molecule has 0 bridgehead atoms. The molecule has 24 heavy (non-hydrogen) atoms. The van der Waals surface area contributed by atoms with Gasteiger partial charge in [-0.2, -0.15) is 0 Å². The van der Waals surface area contributed by atoms with Crippen molar-refractivity contribution in [2.24, 2.45) is 0 Å². The molecule has 6 heteroatoms. The summed E-state index contributed by atoms with van der Waals surface area (Å²) in [6.45, 7) is 0. The van der Waals surface area contributed by atoms with Crippen molar-refractivity contribution < 1.29 is 9.32 Å². The van der Waals surface area contributed by atoms with Crippen molar-refractivity contribution in [1.82, 2.24) is 20.4 Å². The number of hydrogen-bond donors (Lipinski definition) is 1. The van der Waals surface area contributed by atoms with Gasteiger partial charge in [0.1, 0.15) is 0 Å². The van der Waals surface area contributed by atoms with Gasteiger partial charge >= 0.3 is 0 Å². The molecule has 1 amide bonds. The predicted octanol–water partition coefficient (Wildman–Crippen LogP) is 2.86. The Morgan fingerprint density at radius 2 is 2.12 bits per heavy atom. The lowest BCUT2D eigenvalue weighted by molar-refractivity contribution is 0.0905. The monoisotopic (exact) mass is 320 g/mol. The molecular weight excluding hydrogens is 304 g/mol. The molecule has 1 aliphatic carbocycles. The van der Waals surface area contributed by atoms with Crippen molar-refractivity contribution in [1.29, 1.82) is 0 Å². The van der Waals surface area contributed by atoms with Gasteiger partial charge < -0.3 is 9.84 Å². The Balaban J connectivity index is 1.60. The zero-order valence-electron chi connectivity index (χ0n) is 12.9. The highest BCUT2D eigenvalue weighted by atomic mass is 16.5. The minimum atomic E-state index is -0.401. The fourth-order valence-electron chi connectivity index (χ4n) is 2.59. The van der Waals surface area contributed by atoms with Crippen molar-refractivity contribution in [3.05, 3.63) is 77.7 Å². The van der Waals surface area contributed by atoms with Gasteiger partial charge in [0.05, 0.1) is 17.4 Å². The summed E-state index contributed by atoms with van der Waals surface area (Å²) in [5.74, 6) is 0.357. The lowest BCUT2D eigenvalue weighted by atomic mass is 10.0. The smallest absolute Gasteiger partial charge is 0.290 e. The Bertz CT molecular complexity index is 789. The van der Waals surface area contributed by atoms with Crippen LogP contribution >= 0.6 is 0 Å². The van der Waals surface area contributed by atoms with Crippen LogP contribution in [-0.4, -0.2) is 21.0 Å². The molecule has 1 fully saturated rings. The first kappa shape index (κ1) is 14.6. The third-order valence-corrected chi connectivity index (χ3v) is 4.02. The Morgan fingerprint density at radius 3 is 2.83 bits per heavy atom. The Morgan fingerprint density at radius 1 is 1.21 bits per heavy atom. The van der Waals surface area contributed by atoms with Gasteiger partial charge in [0.15, 0.2) is 0 Å². The van der Waals surface area contributed by atoms with Crippen molar-refractivity contribution in [2.75, 3.05) is 0 Å². The van der Waals surface area contributed by atoms with Gasteiger partial charge in [-0.25, -0.2) is 0 Å². The molecule has 4 rings (SSSR count). The number of rotatable bonds is 5. The van der Waals surface area contributed by atoms with Crippen molar-refractivity contribution in [2.45, 2.75) is 24.8 Å². The number of nitrogens with one attached hydrogen (secondary N) is 1. The first-order valence-electron chi connectivity index (χ1n) is 7.89. The summed E-state index contributed by atoms with van der Waals surface area (Å²) in [4.78, 5) is 21.1. The van der Waals surface area contributed by atoms with E-state index in [0.29, 0.717) is 5.92 Å². The van der Waals surface area contributed by atoms with Crippen LogP contribution in [0.15, 0.2) is 59.5 Å². The van der Waals surface area contributed by atoms with Crippen LogP contribution in [0.1, 0.15) is 52.3 Å².